The van der Waals surface area contributed by atoms with Gasteiger partial charge in [-0.15, -0.1) is 11.8 Å². The van der Waals surface area contributed by atoms with Crippen LogP contribution in [0.3, 0.4) is 0 Å². The van der Waals surface area contributed by atoms with Crippen LogP contribution in [-0.2, 0) is 6.42 Å². The first-order valence-electron chi connectivity index (χ1n) is 5.73. The molecule has 0 aliphatic heterocycles. The van der Waals surface area contributed by atoms with Crippen molar-refractivity contribution in [3.05, 3.63) is 28.8 Å². The van der Waals surface area contributed by atoms with E-state index in [1.54, 1.807) is 0 Å². The van der Waals surface area contributed by atoms with Gasteiger partial charge in [-0.2, -0.15) is 0 Å². The molecule has 0 aliphatic rings. The summed E-state index contributed by atoms with van der Waals surface area (Å²) < 4.78 is 0. The molecule has 1 atom stereocenters. The van der Waals surface area contributed by atoms with Crippen molar-refractivity contribution in [2.24, 2.45) is 5.73 Å². The van der Waals surface area contributed by atoms with Gasteiger partial charge in [0.15, 0.2) is 0 Å². The van der Waals surface area contributed by atoms with E-state index in [9.17, 15) is 0 Å². The van der Waals surface area contributed by atoms with Gasteiger partial charge in [0.05, 0.1) is 0 Å². The molecule has 0 radical (unpaired) electrons. The summed E-state index contributed by atoms with van der Waals surface area (Å²) in [5.74, 6) is 0. The molecule has 0 aromatic heterocycles. The number of nitrogens with two attached hydrogens (primary N) is 1. The van der Waals surface area contributed by atoms with Crippen LogP contribution >= 0.6 is 23.4 Å². The molecule has 16 heavy (non-hydrogen) atoms. The highest BCUT2D eigenvalue weighted by atomic mass is 35.5. The normalized spacial score (nSPS) is 13.1. The molecule has 0 saturated carbocycles. The van der Waals surface area contributed by atoms with Gasteiger partial charge in [0.25, 0.3) is 0 Å². The second kappa shape index (κ2) is 6.53. The monoisotopic (exact) mass is 257 g/mol. The zero-order valence-corrected chi connectivity index (χ0v) is 11.7. The summed E-state index contributed by atoms with van der Waals surface area (Å²) in [7, 11) is 0. The van der Waals surface area contributed by atoms with Gasteiger partial charge in [-0.25, -0.2) is 0 Å². The molecule has 0 fully saturated rings. The van der Waals surface area contributed by atoms with Crippen molar-refractivity contribution in [1.82, 2.24) is 0 Å². The van der Waals surface area contributed by atoms with Crippen LogP contribution in [0.5, 0.6) is 0 Å². The van der Waals surface area contributed by atoms with Crippen LogP contribution < -0.4 is 5.73 Å². The molecule has 0 saturated heterocycles. The van der Waals surface area contributed by atoms with Crippen molar-refractivity contribution >= 4 is 23.4 Å². The highest BCUT2D eigenvalue weighted by Crippen LogP contribution is 2.30. The molecule has 0 spiro atoms. The number of thioether (sulfide) groups is 1. The minimum atomic E-state index is 0.243. The van der Waals surface area contributed by atoms with Crippen molar-refractivity contribution < 1.29 is 0 Å². The third kappa shape index (κ3) is 4.36. The molecule has 0 heterocycles. The minimum Gasteiger partial charge on any atom is -0.327 e. The lowest BCUT2D eigenvalue weighted by Gasteiger charge is -2.14. The van der Waals surface area contributed by atoms with E-state index in [2.05, 4.69) is 26.8 Å². The summed E-state index contributed by atoms with van der Waals surface area (Å²) >= 11 is 7.88. The SMILES string of the molecule is CCC(N)Cc1ccc(Cl)cc1SC(C)C. The lowest BCUT2D eigenvalue weighted by Crippen LogP contribution is -2.21. The summed E-state index contributed by atoms with van der Waals surface area (Å²) in [6.07, 6.45) is 1.94. The molecule has 1 nitrogen and oxygen atoms in total. The van der Waals surface area contributed by atoms with Gasteiger partial charge in [-0.3, -0.25) is 0 Å². The van der Waals surface area contributed by atoms with Gasteiger partial charge in [0.1, 0.15) is 0 Å². The van der Waals surface area contributed by atoms with Crippen molar-refractivity contribution in [3.63, 3.8) is 0 Å². The van der Waals surface area contributed by atoms with E-state index in [0.29, 0.717) is 5.25 Å². The zero-order chi connectivity index (χ0) is 12.1. The molecular formula is C13H20ClNS. The van der Waals surface area contributed by atoms with Crippen LogP contribution in [-0.4, -0.2) is 11.3 Å². The topological polar surface area (TPSA) is 26.0 Å². The first-order chi connectivity index (χ1) is 7.52. The Hall–Kier alpha value is -0.180. The van der Waals surface area contributed by atoms with Gasteiger partial charge in [-0.05, 0) is 30.5 Å². The lowest BCUT2D eigenvalue weighted by molar-refractivity contribution is 0.641. The Morgan fingerprint density at radius 3 is 2.62 bits per heavy atom. The first kappa shape index (κ1) is 13.9. The van der Waals surface area contributed by atoms with Gasteiger partial charge in [0, 0.05) is 21.2 Å². The number of halogens is 1. The van der Waals surface area contributed by atoms with E-state index < -0.39 is 0 Å². The molecule has 1 aromatic rings. The van der Waals surface area contributed by atoms with Crippen molar-refractivity contribution in [3.8, 4) is 0 Å². The molecule has 0 aliphatic carbocycles. The Bertz CT molecular complexity index is 339. The first-order valence-corrected chi connectivity index (χ1v) is 6.99. The van der Waals surface area contributed by atoms with Crippen LogP contribution in [0, 0.1) is 0 Å². The molecule has 1 rings (SSSR count). The highest BCUT2D eigenvalue weighted by molar-refractivity contribution is 8.00. The quantitative estimate of drug-likeness (QED) is 0.803. The Kier molecular flexibility index (Phi) is 5.67. The number of benzene rings is 1. The molecule has 0 amide bonds. The lowest BCUT2D eigenvalue weighted by atomic mass is 10.1. The van der Waals surface area contributed by atoms with Crippen molar-refractivity contribution in [2.75, 3.05) is 0 Å². The van der Waals surface area contributed by atoms with Gasteiger partial charge in [-0.1, -0.05) is 38.4 Å². The second-order valence-electron chi connectivity index (χ2n) is 4.29. The maximum Gasteiger partial charge on any atom is 0.0417 e. The fourth-order valence-corrected chi connectivity index (χ4v) is 2.73. The van der Waals surface area contributed by atoms with E-state index >= 15 is 0 Å². The van der Waals surface area contributed by atoms with Gasteiger partial charge < -0.3 is 5.73 Å². The number of rotatable bonds is 5. The van der Waals surface area contributed by atoms with Crippen molar-refractivity contribution in [2.45, 2.75) is 49.8 Å². The molecule has 0 bridgehead atoms. The van der Waals surface area contributed by atoms with E-state index in [-0.39, 0.29) is 6.04 Å². The highest BCUT2D eigenvalue weighted by Gasteiger charge is 2.09. The summed E-state index contributed by atoms with van der Waals surface area (Å²) in [5.41, 5.74) is 7.32. The second-order valence-corrected chi connectivity index (χ2v) is 6.35. The molecule has 1 aromatic carbocycles. The summed E-state index contributed by atoms with van der Waals surface area (Å²) in [5, 5.41) is 1.37. The predicted octanol–water partition coefficient (Wildman–Crippen LogP) is 4.12. The van der Waals surface area contributed by atoms with Crippen LogP contribution in [0.15, 0.2) is 23.1 Å². The largest absolute Gasteiger partial charge is 0.327 e. The molecule has 90 valence electrons. The average molecular weight is 258 g/mol. The summed E-state index contributed by atoms with van der Waals surface area (Å²) in [6, 6.07) is 6.34. The van der Waals surface area contributed by atoms with Crippen LogP contribution in [0.4, 0.5) is 0 Å². The number of hydrogen-bond donors (Lipinski definition) is 1. The molecule has 2 N–H and O–H groups in total. The van der Waals surface area contributed by atoms with E-state index in [1.165, 1.54) is 10.5 Å². The Morgan fingerprint density at radius 2 is 2.06 bits per heavy atom. The van der Waals surface area contributed by atoms with Gasteiger partial charge in [0.2, 0.25) is 0 Å². The number of hydrogen-bond acceptors (Lipinski definition) is 2. The zero-order valence-electron chi connectivity index (χ0n) is 10.2. The maximum atomic E-state index is 6.03. The summed E-state index contributed by atoms with van der Waals surface area (Å²) in [4.78, 5) is 1.27. The molecular weight excluding hydrogens is 238 g/mol. The Morgan fingerprint density at radius 1 is 1.38 bits per heavy atom. The third-order valence-corrected chi connectivity index (χ3v) is 3.74. The van der Waals surface area contributed by atoms with Crippen LogP contribution in [0.2, 0.25) is 5.02 Å². The molecule has 3 heteroatoms. The van der Waals surface area contributed by atoms with Gasteiger partial charge >= 0.3 is 0 Å². The fourth-order valence-electron chi connectivity index (χ4n) is 1.49. The average Bonchev–Trinajstić information content (AvgIpc) is 2.21. The Labute approximate surface area is 108 Å². The fraction of sp³-hybridized carbons (Fsp3) is 0.538. The molecule has 1 unspecified atom stereocenters. The third-order valence-electron chi connectivity index (χ3n) is 2.40. The summed E-state index contributed by atoms with van der Waals surface area (Å²) in [6.45, 7) is 6.50. The predicted molar refractivity (Wildman–Crippen MR) is 74.4 cm³/mol. The Balaban J connectivity index is 2.88. The van der Waals surface area contributed by atoms with E-state index in [0.717, 1.165) is 17.9 Å². The van der Waals surface area contributed by atoms with E-state index in [4.69, 9.17) is 17.3 Å². The standard InChI is InChI=1S/C13H20ClNS/c1-4-12(15)7-10-5-6-11(14)8-13(10)16-9(2)3/h5-6,8-9,12H,4,7,15H2,1-3H3. The minimum absolute atomic E-state index is 0.243. The van der Waals surface area contributed by atoms with Crippen molar-refractivity contribution in [1.29, 1.82) is 0 Å². The van der Waals surface area contributed by atoms with Crippen LogP contribution in [0.1, 0.15) is 32.8 Å². The maximum absolute atomic E-state index is 6.03. The smallest absolute Gasteiger partial charge is 0.0417 e. The van der Waals surface area contributed by atoms with Crippen LogP contribution in [0.25, 0.3) is 0 Å². The van der Waals surface area contributed by atoms with E-state index in [1.807, 2.05) is 23.9 Å².